The molecule has 0 aliphatic heterocycles. The van der Waals surface area contributed by atoms with E-state index in [1.165, 1.54) is 18.2 Å². The van der Waals surface area contributed by atoms with Gasteiger partial charge in [-0.2, -0.15) is 13.2 Å². The molecule has 0 spiro atoms. The van der Waals surface area contributed by atoms with Gasteiger partial charge < -0.3 is 10.5 Å². The van der Waals surface area contributed by atoms with Crippen molar-refractivity contribution < 1.29 is 31.1 Å². The van der Waals surface area contributed by atoms with Crippen molar-refractivity contribution in [2.75, 3.05) is 0 Å². The minimum Gasteiger partial charge on any atom is -0.406 e. The third kappa shape index (κ3) is 5.98. The maximum atomic E-state index is 12.8. The monoisotopic (exact) mass is 405 g/mol. The van der Waals surface area contributed by atoms with E-state index in [-0.39, 0.29) is 23.0 Å². The molecule has 2 N–H and O–H groups in total. The van der Waals surface area contributed by atoms with E-state index in [1.54, 1.807) is 0 Å². The van der Waals surface area contributed by atoms with Gasteiger partial charge >= 0.3 is 12.5 Å². The van der Waals surface area contributed by atoms with E-state index >= 15 is 0 Å². The first-order chi connectivity index (χ1) is 11.0. The molecule has 0 fully saturated rings. The minimum absolute atomic E-state index is 0. The predicted molar refractivity (Wildman–Crippen MR) is 82.9 cm³/mol. The normalized spacial score (nSPS) is 13.1. The second-order valence-corrected chi connectivity index (χ2v) is 5.30. The summed E-state index contributed by atoms with van der Waals surface area (Å²) in [5.41, 5.74) is 5.31. The van der Waals surface area contributed by atoms with Crippen LogP contribution in [0.2, 0.25) is 5.02 Å². The summed E-state index contributed by atoms with van der Waals surface area (Å²) >= 11 is 5.68. The van der Waals surface area contributed by atoms with Gasteiger partial charge in [-0.3, -0.25) is 0 Å². The summed E-state index contributed by atoms with van der Waals surface area (Å²) in [5, 5.41) is -0.146. The number of hydrogen-bond acceptors (Lipinski definition) is 2. The third-order valence-corrected chi connectivity index (χ3v) is 3.30. The fraction of sp³-hybridized carbons (Fsp3) is 0.200. The van der Waals surface area contributed by atoms with E-state index in [0.717, 1.165) is 24.3 Å². The highest BCUT2D eigenvalue weighted by Gasteiger charge is 2.32. The van der Waals surface area contributed by atoms with Gasteiger partial charge in [-0.15, -0.1) is 25.6 Å². The van der Waals surface area contributed by atoms with Crippen LogP contribution < -0.4 is 10.5 Å². The average Bonchev–Trinajstić information content (AvgIpc) is 2.44. The molecular weight excluding hydrogens is 395 g/mol. The Balaban J connectivity index is 0.00000312. The quantitative estimate of drug-likeness (QED) is 0.662. The van der Waals surface area contributed by atoms with Crippen LogP contribution in [0.3, 0.4) is 0 Å². The lowest BCUT2D eigenvalue weighted by atomic mass is 9.97. The van der Waals surface area contributed by atoms with Crippen LogP contribution >= 0.6 is 24.0 Å². The van der Waals surface area contributed by atoms with E-state index in [0.29, 0.717) is 5.56 Å². The molecule has 0 aliphatic rings. The first-order valence-electron chi connectivity index (χ1n) is 6.45. The Morgan fingerprint density at radius 3 is 1.92 bits per heavy atom. The van der Waals surface area contributed by atoms with Gasteiger partial charge in [0.1, 0.15) is 5.75 Å². The van der Waals surface area contributed by atoms with Gasteiger partial charge in [0.2, 0.25) is 0 Å². The van der Waals surface area contributed by atoms with Crippen molar-refractivity contribution in [1.29, 1.82) is 0 Å². The van der Waals surface area contributed by atoms with Crippen LogP contribution in [0.5, 0.6) is 5.75 Å². The summed E-state index contributed by atoms with van der Waals surface area (Å²) in [6, 6.07) is 6.40. The van der Waals surface area contributed by atoms with Crippen LogP contribution in [-0.2, 0) is 6.18 Å². The van der Waals surface area contributed by atoms with Crippen LogP contribution in [0, 0.1) is 0 Å². The number of ether oxygens (including phenoxy) is 1. The highest BCUT2D eigenvalue weighted by molar-refractivity contribution is 6.30. The lowest BCUT2D eigenvalue weighted by Gasteiger charge is -2.16. The van der Waals surface area contributed by atoms with Crippen molar-refractivity contribution in [2.24, 2.45) is 5.73 Å². The number of rotatable bonds is 3. The van der Waals surface area contributed by atoms with E-state index in [4.69, 9.17) is 17.3 Å². The highest BCUT2D eigenvalue weighted by Crippen LogP contribution is 2.34. The Hall–Kier alpha value is -1.64. The molecule has 138 valence electrons. The van der Waals surface area contributed by atoms with Gasteiger partial charge in [0.05, 0.1) is 11.6 Å². The van der Waals surface area contributed by atoms with Crippen molar-refractivity contribution in [1.82, 2.24) is 0 Å². The third-order valence-electron chi connectivity index (χ3n) is 3.08. The highest BCUT2D eigenvalue weighted by atomic mass is 35.5. The minimum atomic E-state index is -4.84. The molecule has 0 saturated carbocycles. The molecule has 2 nitrogen and oxygen atoms in total. The smallest absolute Gasteiger partial charge is 0.406 e. The largest absolute Gasteiger partial charge is 0.573 e. The van der Waals surface area contributed by atoms with E-state index in [9.17, 15) is 26.3 Å². The predicted octanol–water partition coefficient (Wildman–Crippen LogP) is 5.73. The van der Waals surface area contributed by atoms with Gasteiger partial charge in [-0.1, -0.05) is 23.7 Å². The SMILES string of the molecule is Cl.N[C@H](c1ccc(OC(F)(F)F)cc1)c1cc(Cl)cc(C(F)(F)F)c1. The van der Waals surface area contributed by atoms with Crippen LogP contribution in [0.4, 0.5) is 26.3 Å². The zero-order chi connectivity index (χ0) is 18.1. The average molecular weight is 406 g/mol. The number of hydrogen-bond donors (Lipinski definition) is 1. The van der Waals surface area contributed by atoms with Gasteiger partial charge in [0.25, 0.3) is 0 Å². The van der Waals surface area contributed by atoms with Crippen molar-refractivity contribution in [3.63, 3.8) is 0 Å². The lowest BCUT2D eigenvalue weighted by Crippen LogP contribution is -2.17. The molecule has 25 heavy (non-hydrogen) atoms. The molecule has 0 unspecified atom stereocenters. The van der Waals surface area contributed by atoms with Crippen molar-refractivity contribution in [3.8, 4) is 5.75 Å². The summed E-state index contributed by atoms with van der Waals surface area (Å²) in [5.74, 6) is -0.458. The Bertz CT molecular complexity index is 715. The summed E-state index contributed by atoms with van der Waals surface area (Å²) in [6.45, 7) is 0. The molecule has 2 aromatic carbocycles. The molecule has 0 radical (unpaired) electrons. The second-order valence-electron chi connectivity index (χ2n) is 4.87. The van der Waals surface area contributed by atoms with Gasteiger partial charge in [-0.05, 0) is 41.5 Å². The number of halogens is 8. The first kappa shape index (κ1) is 21.4. The molecule has 0 saturated heterocycles. The van der Waals surface area contributed by atoms with Gasteiger partial charge in [-0.25, -0.2) is 0 Å². The summed E-state index contributed by atoms with van der Waals surface area (Å²) in [6.07, 6.45) is -9.43. The Morgan fingerprint density at radius 2 is 1.44 bits per heavy atom. The first-order valence-corrected chi connectivity index (χ1v) is 6.82. The molecule has 1 atom stereocenters. The number of benzene rings is 2. The summed E-state index contributed by atoms with van der Waals surface area (Å²) < 4.78 is 78.4. The molecule has 0 bridgehead atoms. The molecule has 0 amide bonds. The molecule has 10 heteroatoms. The Morgan fingerprint density at radius 1 is 0.880 bits per heavy atom. The standard InChI is InChI=1S/C15H10ClF6NO.ClH/c16-11-6-9(5-10(7-11)14(17,18)19)13(23)8-1-3-12(4-2-8)24-15(20,21)22;/h1-7,13H,23H2;1H/t13-;/m1./s1. The molecule has 0 heterocycles. The molecule has 2 aromatic rings. The van der Waals surface area contributed by atoms with E-state index in [2.05, 4.69) is 4.74 Å². The maximum absolute atomic E-state index is 12.8. The molecular formula is C15H11Cl2F6NO. The topological polar surface area (TPSA) is 35.2 Å². The van der Waals surface area contributed by atoms with E-state index in [1.807, 2.05) is 0 Å². The lowest BCUT2D eigenvalue weighted by molar-refractivity contribution is -0.274. The van der Waals surface area contributed by atoms with Crippen LogP contribution in [-0.4, -0.2) is 6.36 Å². The number of alkyl halides is 6. The van der Waals surface area contributed by atoms with Gasteiger partial charge in [0.15, 0.2) is 0 Å². The summed E-state index contributed by atoms with van der Waals surface area (Å²) in [4.78, 5) is 0. The fourth-order valence-electron chi connectivity index (χ4n) is 2.02. The Labute approximate surface area is 149 Å². The zero-order valence-electron chi connectivity index (χ0n) is 12.2. The van der Waals surface area contributed by atoms with E-state index < -0.39 is 29.9 Å². The zero-order valence-corrected chi connectivity index (χ0v) is 13.7. The van der Waals surface area contributed by atoms with Crippen molar-refractivity contribution in [2.45, 2.75) is 18.6 Å². The molecule has 0 aromatic heterocycles. The molecule has 2 rings (SSSR count). The summed E-state index contributed by atoms with van der Waals surface area (Å²) in [7, 11) is 0. The van der Waals surface area contributed by atoms with Crippen molar-refractivity contribution in [3.05, 3.63) is 64.2 Å². The molecule has 0 aliphatic carbocycles. The fourth-order valence-corrected chi connectivity index (χ4v) is 2.27. The van der Waals surface area contributed by atoms with Gasteiger partial charge in [0, 0.05) is 5.02 Å². The van der Waals surface area contributed by atoms with Crippen LogP contribution in [0.25, 0.3) is 0 Å². The van der Waals surface area contributed by atoms with Crippen LogP contribution in [0.1, 0.15) is 22.7 Å². The van der Waals surface area contributed by atoms with Crippen molar-refractivity contribution >= 4 is 24.0 Å². The second kappa shape index (κ2) is 7.72. The van der Waals surface area contributed by atoms with Crippen LogP contribution in [0.15, 0.2) is 42.5 Å². The number of nitrogens with two attached hydrogens (primary N) is 1. The Kier molecular flexibility index (Phi) is 6.61. The maximum Gasteiger partial charge on any atom is 0.573 e.